The summed E-state index contributed by atoms with van der Waals surface area (Å²) in [6.07, 6.45) is 8.55. The number of aromatic nitrogens is 3. The maximum Gasteiger partial charge on any atom is 0.295 e. The van der Waals surface area contributed by atoms with Gasteiger partial charge in [0.15, 0.2) is 11.4 Å². The maximum atomic E-state index is 11.9. The second-order valence-corrected chi connectivity index (χ2v) is 8.57. The predicted molar refractivity (Wildman–Crippen MR) is 138 cm³/mol. The molecule has 0 fully saturated rings. The van der Waals surface area contributed by atoms with Crippen LogP contribution < -0.4 is 24.8 Å². The van der Waals surface area contributed by atoms with Crippen LogP contribution in [-0.4, -0.2) is 48.0 Å². The van der Waals surface area contributed by atoms with Gasteiger partial charge in [-0.1, -0.05) is 5.16 Å². The summed E-state index contributed by atoms with van der Waals surface area (Å²) in [7, 11) is 4.69. The number of nitrogens with zero attached hydrogens (tertiary/aromatic N) is 3. The fraction of sp³-hybridized carbons (Fsp3) is 0.200. The largest absolute Gasteiger partial charge is 0.496 e. The summed E-state index contributed by atoms with van der Waals surface area (Å²) in [6, 6.07) is 8.91. The van der Waals surface area contributed by atoms with Crippen LogP contribution in [0, 0.1) is 12.3 Å². The first-order valence-corrected chi connectivity index (χ1v) is 11.8. The van der Waals surface area contributed by atoms with Gasteiger partial charge in [0.05, 0.1) is 31.9 Å². The minimum atomic E-state index is -0.477. The Hall–Kier alpha value is -4.63. The summed E-state index contributed by atoms with van der Waals surface area (Å²) >= 11 is 1.27. The SMILES string of the molecule is C#CC(=O)NCc1cnn(Cc2cc(OC)c3c(NSc4ccc(C(=O)NC)cc4OC)noc3c2)c1. The zero-order valence-electron chi connectivity index (χ0n) is 20.3. The molecule has 0 aliphatic heterocycles. The van der Waals surface area contributed by atoms with Crippen molar-refractivity contribution in [3.05, 3.63) is 59.4 Å². The van der Waals surface area contributed by atoms with E-state index in [2.05, 4.69) is 25.6 Å². The second-order valence-electron chi connectivity index (χ2n) is 7.72. The highest BCUT2D eigenvalue weighted by atomic mass is 32.2. The van der Waals surface area contributed by atoms with Gasteiger partial charge in [-0.25, -0.2) is 0 Å². The van der Waals surface area contributed by atoms with Gasteiger partial charge >= 0.3 is 0 Å². The summed E-state index contributed by atoms with van der Waals surface area (Å²) in [5, 5.41) is 14.4. The van der Waals surface area contributed by atoms with Gasteiger partial charge in [-0.3, -0.25) is 14.3 Å². The number of amides is 2. The molecule has 0 bridgehead atoms. The number of methoxy groups -OCH3 is 2. The molecule has 0 atom stereocenters. The van der Waals surface area contributed by atoms with Crippen molar-refractivity contribution < 1.29 is 23.6 Å². The highest BCUT2D eigenvalue weighted by Gasteiger charge is 2.17. The number of nitrogens with one attached hydrogen (secondary N) is 3. The monoisotopic (exact) mass is 520 g/mol. The van der Waals surface area contributed by atoms with Crippen LogP contribution in [0.1, 0.15) is 21.5 Å². The van der Waals surface area contributed by atoms with Crippen LogP contribution in [0.2, 0.25) is 0 Å². The van der Waals surface area contributed by atoms with E-state index in [1.807, 2.05) is 24.3 Å². The molecule has 0 radical (unpaired) electrons. The Morgan fingerprint density at radius 1 is 1.16 bits per heavy atom. The van der Waals surface area contributed by atoms with Gasteiger partial charge in [0.25, 0.3) is 11.8 Å². The highest BCUT2D eigenvalue weighted by Crippen LogP contribution is 2.37. The number of carbonyl (C=O) groups is 2. The molecule has 2 aromatic heterocycles. The fourth-order valence-corrected chi connectivity index (χ4v) is 4.28. The van der Waals surface area contributed by atoms with E-state index in [-0.39, 0.29) is 5.91 Å². The molecule has 4 aromatic rings. The zero-order valence-corrected chi connectivity index (χ0v) is 21.1. The lowest BCUT2D eigenvalue weighted by atomic mass is 10.1. The molecule has 4 rings (SSSR count). The van der Waals surface area contributed by atoms with Crippen LogP contribution >= 0.6 is 11.9 Å². The Kier molecular flexibility index (Phi) is 7.85. The molecule has 37 heavy (non-hydrogen) atoms. The number of anilines is 1. The van der Waals surface area contributed by atoms with E-state index >= 15 is 0 Å². The molecular weight excluding hydrogens is 496 g/mol. The van der Waals surface area contributed by atoms with E-state index in [1.54, 1.807) is 50.3 Å². The number of rotatable bonds is 10. The number of hydrogen-bond donors (Lipinski definition) is 3. The number of fused-ring (bicyclic) bond motifs is 1. The first-order chi connectivity index (χ1) is 17.9. The molecule has 2 aromatic carbocycles. The molecule has 0 aliphatic rings. The van der Waals surface area contributed by atoms with Crippen molar-refractivity contribution in [1.82, 2.24) is 25.6 Å². The second kappa shape index (κ2) is 11.4. The van der Waals surface area contributed by atoms with Crippen LogP contribution in [-0.2, 0) is 17.9 Å². The van der Waals surface area contributed by atoms with Gasteiger partial charge in [0, 0.05) is 30.9 Å². The Balaban J connectivity index is 1.51. The fourth-order valence-electron chi connectivity index (χ4n) is 3.56. The summed E-state index contributed by atoms with van der Waals surface area (Å²) in [6.45, 7) is 0.738. The van der Waals surface area contributed by atoms with E-state index in [9.17, 15) is 9.59 Å². The Bertz CT molecular complexity index is 1490. The van der Waals surface area contributed by atoms with Gasteiger partial charge < -0.3 is 29.4 Å². The van der Waals surface area contributed by atoms with Gasteiger partial charge in [0.1, 0.15) is 16.9 Å². The lowest BCUT2D eigenvalue weighted by Crippen LogP contribution is -2.20. The normalized spacial score (nSPS) is 10.5. The summed E-state index contributed by atoms with van der Waals surface area (Å²) in [5.41, 5.74) is 2.73. The number of ether oxygens (including phenoxy) is 2. The van der Waals surface area contributed by atoms with E-state index in [0.717, 1.165) is 16.0 Å². The lowest BCUT2D eigenvalue weighted by Gasteiger charge is -2.11. The molecule has 0 aliphatic carbocycles. The summed E-state index contributed by atoms with van der Waals surface area (Å²) in [5.74, 6) is 2.93. The van der Waals surface area contributed by atoms with Gasteiger partial charge in [-0.15, -0.1) is 6.42 Å². The number of hydrogen-bond acceptors (Lipinski definition) is 9. The van der Waals surface area contributed by atoms with Gasteiger partial charge in [-0.2, -0.15) is 5.10 Å². The zero-order chi connectivity index (χ0) is 26.4. The van der Waals surface area contributed by atoms with Crippen molar-refractivity contribution in [3.63, 3.8) is 0 Å². The molecule has 0 spiro atoms. The molecule has 0 saturated carbocycles. The maximum absolute atomic E-state index is 11.9. The number of terminal acetylenes is 1. The Morgan fingerprint density at radius 3 is 2.70 bits per heavy atom. The van der Waals surface area contributed by atoms with E-state index in [0.29, 0.717) is 46.9 Å². The minimum absolute atomic E-state index is 0.201. The molecule has 12 heteroatoms. The molecule has 190 valence electrons. The third kappa shape index (κ3) is 5.79. The van der Waals surface area contributed by atoms with Gasteiger partial charge in [-0.05, 0) is 53.8 Å². The lowest BCUT2D eigenvalue weighted by molar-refractivity contribution is -0.115. The first-order valence-electron chi connectivity index (χ1n) is 11.0. The van der Waals surface area contributed by atoms with E-state index in [4.69, 9.17) is 20.4 Å². The average Bonchev–Trinajstić information content (AvgIpc) is 3.56. The van der Waals surface area contributed by atoms with Crippen molar-refractivity contribution in [2.45, 2.75) is 18.0 Å². The van der Waals surface area contributed by atoms with E-state index in [1.165, 1.54) is 11.9 Å². The number of carbonyl (C=O) groups excluding carboxylic acids is 2. The molecule has 3 N–H and O–H groups in total. The van der Waals surface area contributed by atoms with Crippen molar-refractivity contribution in [2.75, 3.05) is 26.0 Å². The smallest absolute Gasteiger partial charge is 0.295 e. The van der Waals surface area contributed by atoms with Gasteiger partial charge in [0.2, 0.25) is 0 Å². The van der Waals surface area contributed by atoms with Crippen molar-refractivity contribution in [3.8, 4) is 23.8 Å². The molecule has 11 nitrogen and oxygen atoms in total. The molecular formula is C25H24N6O5S. The quantitative estimate of drug-likeness (QED) is 0.213. The summed E-state index contributed by atoms with van der Waals surface area (Å²) in [4.78, 5) is 23.9. The van der Waals surface area contributed by atoms with Crippen molar-refractivity contribution >= 4 is 40.5 Å². The highest BCUT2D eigenvalue weighted by molar-refractivity contribution is 8.00. The van der Waals surface area contributed by atoms with E-state index < -0.39 is 5.91 Å². The molecule has 2 amide bonds. The average molecular weight is 521 g/mol. The van der Waals surface area contributed by atoms with Crippen LogP contribution in [0.3, 0.4) is 0 Å². The third-order valence-corrected chi connectivity index (χ3v) is 6.20. The number of benzene rings is 2. The first kappa shape index (κ1) is 25.5. The molecule has 0 unspecified atom stereocenters. The Morgan fingerprint density at radius 2 is 1.97 bits per heavy atom. The third-order valence-electron chi connectivity index (χ3n) is 5.34. The van der Waals surface area contributed by atoms with Crippen molar-refractivity contribution in [1.29, 1.82) is 0 Å². The van der Waals surface area contributed by atoms with Crippen molar-refractivity contribution in [2.24, 2.45) is 0 Å². The van der Waals surface area contributed by atoms with Crippen LogP contribution in [0.4, 0.5) is 5.82 Å². The Labute approximate surface area is 217 Å². The summed E-state index contributed by atoms with van der Waals surface area (Å²) < 4.78 is 21.6. The minimum Gasteiger partial charge on any atom is -0.496 e. The van der Waals surface area contributed by atoms with Crippen LogP contribution in [0.25, 0.3) is 11.0 Å². The standard InChI is InChI=1S/C25H24N6O5S/c1-5-22(32)27-11-16-12-28-31(14-16)13-15-8-19(35-4)23-20(9-15)36-29-24(23)30-37-21-7-6-17(25(33)26-2)10-18(21)34-3/h1,6-10,12,14H,11,13H2,2-4H3,(H,26,33)(H,27,32)(H,29,30). The topological polar surface area (TPSA) is 133 Å². The predicted octanol–water partition coefficient (Wildman–Crippen LogP) is 2.82. The van der Waals surface area contributed by atoms with Crippen LogP contribution in [0.15, 0.2) is 52.1 Å². The molecule has 2 heterocycles. The van der Waals surface area contributed by atoms with Crippen LogP contribution in [0.5, 0.6) is 11.5 Å². The molecule has 0 saturated heterocycles.